The molecule has 0 aliphatic rings. The highest BCUT2D eigenvalue weighted by molar-refractivity contribution is 5.22. The molecule has 336 valence electrons. The maximum atomic E-state index is 2.29. The number of aryl methyl sites for hydroxylation is 5. The lowest BCUT2D eigenvalue weighted by Gasteiger charge is -2.28. The van der Waals surface area contributed by atoms with Gasteiger partial charge in [0.25, 0.3) is 0 Å². The van der Waals surface area contributed by atoms with Crippen LogP contribution in [-0.4, -0.2) is 0 Å². The van der Waals surface area contributed by atoms with E-state index in [0.717, 1.165) is 0 Å². The molecule has 0 heterocycles. The Balaban J connectivity index is -0.000000630. The van der Waals surface area contributed by atoms with E-state index in [2.05, 4.69) is 216 Å². The summed E-state index contributed by atoms with van der Waals surface area (Å²) in [6.07, 6.45) is 1.29. The molecule has 0 bridgehead atoms. The van der Waals surface area contributed by atoms with E-state index in [0.29, 0.717) is 21.7 Å². The Morgan fingerprint density at radius 3 is 0.475 bits per heavy atom. The van der Waals surface area contributed by atoms with Gasteiger partial charge in [-0.3, -0.25) is 0 Å². The summed E-state index contributed by atoms with van der Waals surface area (Å²) in [5.41, 5.74) is 9.77. The van der Waals surface area contributed by atoms with Crippen molar-refractivity contribution in [1.82, 2.24) is 0 Å². The molecule has 0 saturated carbocycles. The largest absolute Gasteiger partial charge is 0.0683 e. The lowest BCUT2D eigenvalue weighted by Crippen LogP contribution is -2.16. The molecule has 0 saturated heterocycles. The lowest BCUT2D eigenvalue weighted by atomic mass is 9.78. The molecule has 0 radical (unpaired) electrons. The number of hydrogen-bond acceptors (Lipinski definition) is 0. The van der Waals surface area contributed by atoms with Gasteiger partial charge in [-0.05, 0) is 68.3 Å². The van der Waals surface area contributed by atoms with Crippen LogP contribution in [0.15, 0.2) is 182 Å². The van der Waals surface area contributed by atoms with Gasteiger partial charge in [0.15, 0.2) is 0 Å². The fraction of sp³-hybridized carbons (Fsp3) is 0.410. The molecule has 0 fully saturated rings. The monoisotopic (exact) mass is 825 g/mol. The van der Waals surface area contributed by atoms with Gasteiger partial charge in [0.1, 0.15) is 0 Å². The van der Waals surface area contributed by atoms with E-state index < -0.39 is 0 Å². The van der Waals surface area contributed by atoms with E-state index in [9.17, 15) is 0 Å². The van der Waals surface area contributed by atoms with Crippen molar-refractivity contribution in [1.29, 1.82) is 0 Å². The molecule has 0 N–H and O–H groups in total. The first-order valence-electron chi connectivity index (χ1n) is 22.4. The van der Waals surface area contributed by atoms with Crippen LogP contribution in [0.4, 0.5) is 0 Å². The van der Waals surface area contributed by atoms with Crippen LogP contribution in [0.25, 0.3) is 0 Å². The van der Waals surface area contributed by atoms with Crippen LogP contribution >= 0.6 is 0 Å². The molecular formula is C61H92. The molecule has 0 nitrogen and oxygen atoms in total. The van der Waals surface area contributed by atoms with Crippen LogP contribution in [0.3, 0.4) is 0 Å². The van der Waals surface area contributed by atoms with Gasteiger partial charge in [-0.1, -0.05) is 314 Å². The summed E-state index contributed by atoms with van der Waals surface area (Å²) in [7, 11) is 0. The molecule has 61 heavy (non-hydrogen) atoms. The van der Waals surface area contributed by atoms with Crippen LogP contribution < -0.4 is 0 Å². The highest BCUT2D eigenvalue weighted by atomic mass is 14.3. The Morgan fingerprint density at radius 2 is 0.410 bits per heavy atom. The minimum Gasteiger partial charge on any atom is -0.0683 e. The number of hydrogen-bond donors (Lipinski definition) is 0. The SMILES string of the molecule is CC.CC(C)(C)C.CC(C)(C)CC(C)(C)C.CC(C)(C)c1ccccc1.Cc1ccccc1.Cc1ccccc1.Cc1ccccc1.Cc1ccccc1.Cc1ccccc1. The van der Waals surface area contributed by atoms with Gasteiger partial charge in [0.2, 0.25) is 0 Å². The van der Waals surface area contributed by atoms with E-state index in [-0.39, 0.29) is 0 Å². The van der Waals surface area contributed by atoms with Crippen molar-refractivity contribution in [3.63, 3.8) is 0 Å². The van der Waals surface area contributed by atoms with E-state index in [4.69, 9.17) is 0 Å². The van der Waals surface area contributed by atoms with E-state index in [1.807, 2.05) is 105 Å². The normalized spacial score (nSPS) is 10.0. The zero-order valence-electron chi connectivity index (χ0n) is 43.0. The van der Waals surface area contributed by atoms with E-state index in [1.165, 1.54) is 39.8 Å². The first kappa shape index (κ1) is 60.6. The molecule has 0 spiro atoms. The summed E-state index contributed by atoms with van der Waals surface area (Å²) in [5.74, 6) is 0. The molecular weight excluding hydrogens is 733 g/mol. The Morgan fingerprint density at radius 1 is 0.262 bits per heavy atom. The molecule has 6 rings (SSSR count). The van der Waals surface area contributed by atoms with Crippen molar-refractivity contribution in [2.45, 2.75) is 150 Å². The molecule has 0 aliphatic carbocycles. The third-order valence-corrected chi connectivity index (χ3v) is 7.40. The van der Waals surface area contributed by atoms with Gasteiger partial charge in [-0.15, -0.1) is 0 Å². The minimum absolute atomic E-state index is 0.293. The summed E-state index contributed by atoms with van der Waals surface area (Å²) < 4.78 is 0. The second-order valence-corrected chi connectivity index (χ2v) is 20.2. The molecule has 0 amide bonds. The second-order valence-electron chi connectivity index (χ2n) is 20.2. The van der Waals surface area contributed by atoms with Gasteiger partial charge in [0.05, 0.1) is 0 Å². The Hall–Kier alpha value is -4.68. The maximum absolute atomic E-state index is 2.29. The summed E-state index contributed by atoms with van der Waals surface area (Å²) in [5, 5.41) is 0. The highest BCUT2D eigenvalue weighted by Gasteiger charge is 2.20. The van der Waals surface area contributed by atoms with Gasteiger partial charge in [0, 0.05) is 0 Å². The Labute approximate surface area is 380 Å². The molecule has 0 atom stereocenters. The smallest absolute Gasteiger partial charge is 0.0132 e. The average molecular weight is 825 g/mol. The zero-order valence-corrected chi connectivity index (χ0v) is 43.0. The number of benzene rings is 6. The summed E-state index contributed by atoms with van der Waals surface area (Å²) in [6, 6.07) is 61.9. The molecule has 0 heteroatoms. The highest BCUT2D eigenvalue weighted by Crippen LogP contribution is 2.32. The molecule has 6 aromatic rings. The Bertz CT molecular complexity index is 1510. The predicted octanol–water partition coefficient (Wildman–Crippen LogP) is 19.5. The molecule has 0 aliphatic heterocycles. The van der Waals surface area contributed by atoms with Crippen molar-refractivity contribution in [2.24, 2.45) is 16.2 Å². The summed E-state index contributed by atoms with van der Waals surface area (Å²) >= 11 is 0. The molecule has 0 unspecified atom stereocenters. The predicted molar refractivity (Wildman–Crippen MR) is 281 cm³/mol. The fourth-order valence-electron chi connectivity index (χ4n) is 5.20. The average Bonchev–Trinajstić information content (AvgIpc) is 3.17. The van der Waals surface area contributed by atoms with Gasteiger partial charge < -0.3 is 0 Å². The zero-order chi connectivity index (χ0) is 47.4. The van der Waals surface area contributed by atoms with Crippen molar-refractivity contribution in [3.8, 4) is 0 Å². The van der Waals surface area contributed by atoms with Crippen molar-refractivity contribution in [2.75, 3.05) is 0 Å². The lowest BCUT2D eigenvalue weighted by molar-refractivity contribution is 0.233. The summed E-state index contributed by atoms with van der Waals surface area (Å²) in [4.78, 5) is 0. The first-order chi connectivity index (χ1) is 28.3. The quantitative estimate of drug-likeness (QED) is 0.143. The van der Waals surface area contributed by atoms with Crippen LogP contribution in [0.1, 0.15) is 144 Å². The van der Waals surface area contributed by atoms with Crippen LogP contribution in [0.5, 0.6) is 0 Å². The molecule has 0 aromatic heterocycles. The number of rotatable bonds is 0. The van der Waals surface area contributed by atoms with Crippen molar-refractivity contribution >= 4 is 0 Å². The minimum atomic E-state index is 0.293. The van der Waals surface area contributed by atoms with E-state index in [1.54, 1.807) is 0 Å². The third kappa shape index (κ3) is 51.4. The van der Waals surface area contributed by atoms with Crippen molar-refractivity contribution < 1.29 is 0 Å². The summed E-state index contributed by atoms with van der Waals surface area (Å²) in [6.45, 7) is 43.6. The van der Waals surface area contributed by atoms with Crippen molar-refractivity contribution in [3.05, 3.63) is 215 Å². The van der Waals surface area contributed by atoms with Gasteiger partial charge >= 0.3 is 0 Å². The second kappa shape index (κ2) is 35.0. The third-order valence-electron chi connectivity index (χ3n) is 7.40. The van der Waals surface area contributed by atoms with Gasteiger partial charge in [-0.25, -0.2) is 0 Å². The standard InChI is InChI=1S/C10H14.C9H20.5C7H8.C5H12.C2H6/c1-10(2,3)9-7-5-4-6-8-9;1-8(2,3)7-9(4,5)6;5*1-7-5-3-2-4-6-7;1-5(2,3)4;1-2/h4-8H,1-3H3;7H2,1-6H3;5*2-6H,1H3;1-4H3;1-2H3. The van der Waals surface area contributed by atoms with E-state index >= 15 is 0 Å². The fourth-order valence-corrected chi connectivity index (χ4v) is 5.20. The molecule has 6 aromatic carbocycles. The maximum Gasteiger partial charge on any atom is -0.0132 e. The van der Waals surface area contributed by atoms with Crippen LogP contribution in [0, 0.1) is 50.9 Å². The van der Waals surface area contributed by atoms with Gasteiger partial charge in [-0.2, -0.15) is 0 Å². The van der Waals surface area contributed by atoms with Crippen LogP contribution in [-0.2, 0) is 5.41 Å². The first-order valence-corrected chi connectivity index (χ1v) is 22.4. The van der Waals surface area contributed by atoms with Crippen LogP contribution in [0.2, 0.25) is 0 Å². The Kier molecular flexibility index (Phi) is 34.8. The topological polar surface area (TPSA) is 0 Å².